The monoisotopic (exact) mass is 246 g/mol. The van der Waals surface area contributed by atoms with Crippen molar-refractivity contribution in [2.45, 2.75) is 25.7 Å². The van der Waals surface area contributed by atoms with Gasteiger partial charge in [-0.05, 0) is 62.3 Å². The van der Waals surface area contributed by atoms with Gasteiger partial charge < -0.3 is 5.32 Å². The number of benzene rings is 1. The number of rotatable bonds is 3. The molecular weight excluding hydrogens is 228 g/mol. The van der Waals surface area contributed by atoms with E-state index in [1.165, 1.54) is 48.1 Å². The van der Waals surface area contributed by atoms with Gasteiger partial charge in [0.05, 0.1) is 10.4 Å². The van der Waals surface area contributed by atoms with Gasteiger partial charge in [-0.15, -0.1) is 0 Å². The molecule has 0 unspecified atom stereocenters. The summed E-state index contributed by atoms with van der Waals surface area (Å²) in [6.45, 7) is 2.39. The molecule has 0 amide bonds. The Morgan fingerprint density at radius 3 is 2.94 bits per heavy atom. The third-order valence-electron chi connectivity index (χ3n) is 3.70. The number of nitrogens with zero attached hydrogens (tertiary/aromatic N) is 1. The van der Waals surface area contributed by atoms with Crippen molar-refractivity contribution in [3.05, 3.63) is 30.0 Å². The summed E-state index contributed by atoms with van der Waals surface area (Å²) >= 11 is 1.64. The highest BCUT2D eigenvalue weighted by atomic mass is 32.1. The van der Waals surface area contributed by atoms with Crippen LogP contribution in [-0.4, -0.2) is 17.5 Å². The van der Waals surface area contributed by atoms with Gasteiger partial charge in [0.2, 0.25) is 0 Å². The number of hydrogen-bond acceptors (Lipinski definition) is 3. The summed E-state index contributed by atoms with van der Waals surface area (Å²) in [5, 5.41) is 4.79. The molecule has 2 nitrogen and oxygen atoms in total. The van der Waals surface area contributed by atoms with E-state index in [0.29, 0.717) is 0 Å². The maximum absolute atomic E-state index is 4.61. The molecule has 1 N–H and O–H groups in total. The lowest BCUT2D eigenvalue weighted by molar-refractivity contribution is 0.354. The van der Waals surface area contributed by atoms with Crippen LogP contribution in [0, 0.1) is 5.92 Å². The SMILES string of the molecule is c1ccc2c(CCC3CCNCC3)nsc2c1. The van der Waals surface area contributed by atoms with Crippen LogP contribution in [0.2, 0.25) is 0 Å². The minimum Gasteiger partial charge on any atom is -0.317 e. The Bertz CT molecular complexity index is 486. The van der Waals surface area contributed by atoms with E-state index in [4.69, 9.17) is 0 Å². The van der Waals surface area contributed by atoms with Gasteiger partial charge in [-0.25, -0.2) is 0 Å². The molecule has 3 rings (SSSR count). The molecule has 2 heterocycles. The maximum atomic E-state index is 4.61. The predicted octanol–water partition coefficient (Wildman–Crippen LogP) is 3.23. The highest BCUT2D eigenvalue weighted by molar-refractivity contribution is 7.13. The van der Waals surface area contributed by atoms with E-state index in [9.17, 15) is 0 Å². The van der Waals surface area contributed by atoms with E-state index in [1.807, 2.05) is 0 Å². The Morgan fingerprint density at radius 1 is 1.24 bits per heavy atom. The quantitative estimate of drug-likeness (QED) is 0.899. The zero-order valence-electron chi connectivity index (χ0n) is 9.98. The normalized spacial score (nSPS) is 17.6. The molecule has 17 heavy (non-hydrogen) atoms. The molecule has 1 fully saturated rings. The van der Waals surface area contributed by atoms with E-state index >= 15 is 0 Å². The molecule has 0 saturated carbocycles. The largest absolute Gasteiger partial charge is 0.317 e. The van der Waals surface area contributed by atoms with Crippen LogP contribution in [0.5, 0.6) is 0 Å². The predicted molar refractivity (Wildman–Crippen MR) is 73.5 cm³/mol. The van der Waals surface area contributed by atoms with Crippen molar-refractivity contribution in [1.82, 2.24) is 9.69 Å². The number of aryl methyl sites for hydroxylation is 1. The first-order valence-electron chi connectivity index (χ1n) is 6.47. The summed E-state index contributed by atoms with van der Waals surface area (Å²) in [6.07, 6.45) is 5.12. The van der Waals surface area contributed by atoms with Crippen LogP contribution in [0.4, 0.5) is 0 Å². The Kier molecular flexibility index (Phi) is 3.39. The molecule has 1 aromatic heterocycles. The van der Waals surface area contributed by atoms with Crippen LogP contribution in [0.15, 0.2) is 24.3 Å². The first-order valence-corrected chi connectivity index (χ1v) is 7.25. The average Bonchev–Trinajstić information content (AvgIpc) is 2.81. The molecule has 0 atom stereocenters. The van der Waals surface area contributed by atoms with Crippen molar-refractivity contribution in [3.8, 4) is 0 Å². The Balaban J connectivity index is 1.68. The van der Waals surface area contributed by atoms with Crippen LogP contribution >= 0.6 is 11.5 Å². The minimum absolute atomic E-state index is 0.900. The summed E-state index contributed by atoms with van der Waals surface area (Å²) < 4.78 is 5.93. The zero-order chi connectivity index (χ0) is 11.5. The van der Waals surface area contributed by atoms with Crippen LogP contribution < -0.4 is 5.32 Å². The van der Waals surface area contributed by atoms with Gasteiger partial charge in [0.1, 0.15) is 0 Å². The number of aromatic nitrogens is 1. The number of hydrogen-bond donors (Lipinski definition) is 1. The van der Waals surface area contributed by atoms with Crippen LogP contribution in [0.1, 0.15) is 25.0 Å². The Morgan fingerprint density at radius 2 is 2.06 bits per heavy atom. The second-order valence-corrected chi connectivity index (χ2v) is 5.66. The maximum Gasteiger partial charge on any atom is 0.0620 e. The molecule has 0 bridgehead atoms. The minimum atomic E-state index is 0.900. The summed E-state index contributed by atoms with van der Waals surface area (Å²) in [6, 6.07) is 8.58. The third-order valence-corrected chi connectivity index (χ3v) is 4.56. The second kappa shape index (κ2) is 5.15. The molecular formula is C14H18N2S. The lowest BCUT2D eigenvalue weighted by Crippen LogP contribution is -2.27. The molecule has 90 valence electrons. The Labute approximate surface area is 106 Å². The zero-order valence-corrected chi connectivity index (χ0v) is 10.8. The molecule has 0 radical (unpaired) electrons. The van der Waals surface area contributed by atoms with Gasteiger partial charge in [-0.1, -0.05) is 18.2 Å². The fourth-order valence-corrected chi connectivity index (χ4v) is 3.45. The summed E-state index contributed by atoms with van der Waals surface area (Å²) in [5.74, 6) is 0.900. The van der Waals surface area contributed by atoms with Gasteiger partial charge >= 0.3 is 0 Å². The van der Waals surface area contributed by atoms with Crippen LogP contribution in [0.25, 0.3) is 10.1 Å². The first kappa shape index (κ1) is 11.2. The van der Waals surface area contributed by atoms with Crippen molar-refractivity contribution in [1.29, 1.82) is 0 Å². The summed E-state index contributed by atoms with van der Waals surface area (Å²) in [4.78, 5) is 0. The molecule has 2 aromatic rings. The molecule has 3 heteroatoms. The summed E-state index contributed by atoms with van der Waals surface area (Å²) in [7, 11) is 0. The molecule has 1 aromatic carbocycles. The van der Waals surface area contributed by atoms with Crippen molar-refractivity contribution in [2.75, 3.05) is 13.1 Å². The highest BCUT2D eigenvalue weighted by Gasteiger charge is 2.14. The Hall–Kier alpha value is -0.930. The molecule has 1 saturated heterocycles. The summed E-state index contributed by atoms with van der Waals surface area (Å²) in [5.41, 5.74) is 1.31. The van der Waals surface area contributed by atoms with E-state index in [2.05, 4.69) is 34.0 Å². The lowest BCUT2D eigenvalue weighted by Gasteiger charge is -2.22. The standard InChI is InChI=1S/C14H18N2S/c1-2-4-14-12(3-1)13(16-17-14)6-5-11-7-9-15-10-8-11/h1-4,11,15H,5-10H2. The first-order chi connectivity index (χ1) is 8.43. The average molecular weight is 246 g/mol. The van der Waals surface area contributed by atoms with Gasteiger partial charge in [0.25, 0.3) is 0 Å². The van der Waals surface area contributed by atoms with E-state index in [1.54, 1.807) is 11.5 Å². The van der Waals surface area contributed by atoms with Crippen molar-refractivity contribution in [3.63, 3.8) is 0 Å². The van der Waals surface area contributed by atoms with E-state index in [-0.39, 0.29) is 0 Å². The third kappa shape index (κ3) is 2.50. The van der Waals surface area contributed by atoms with Gasteiger partial charge in [0.15, 0.2) is 0 Å². The highest BCUT2D eigenvalue weighted by Crippen LogP contribution is 2.25. The number of fused-ring (bicyclic) bond motifs is 1. The second-order valence-electron chi connectivity index (χ2n) is 4.86. The van der Waals surface area contributed by atoms with Gasteiger partial charge in [-0.2, -0.15) is 4.37 Å². The van der Waals surface area contributed by atoms with E-state index < -0.39 is 0 Å². The molecule has 1 aliphatic heterocycles. The number of piperidine rings is 1. The number of nitrogens with one attached hydrogen (secondary N) is 1. The lowest BCUT2D eigenvalue weighted by atomic mass is 9.92. The van der Waals surface area contributed by atoms with Gasteiger partial charge in [0, 0.05) is 5.39 Å². The van der Waals surface area contributed by atoms with Crippen molar-refractivity contribution < 1.29 is 0 Å². The molecule has 1 aliphatic rings. The van der Waals surface area contributed by atoms with Crippen LogP contribution in [-0.2, 0) is 6.42 Å². The van der Waals surface area contributed by atoms with Crippen molar-refractivity contribution in [2.24, 2.45) is 5.92 Å². The molecule has 0 spiro atoms. The molecule has 0 aliphatic carbocycles. The van der Waals surface area contributed by atoms with E-state index in [0.717, 1.165) is 12.3 Å². The fourth-order valence-electron chi connectivity index (χ4n) is 2.63. The van der Waals surface area contributed by atoms with Crippen LogP contribution in [0.3, 0.4) is 0 Å². The van der Waals surface area contributed by atoms with Crippen molar-refractivity contribution >= 4 is 21.6 Å². The fraction of sp³-hybridized carbons (Fsp3) is 0.500. The smallest absolute Gasteiger partial charge is 0.0620 e. The van der Waals surface area contributed by atoms with Gasteiger partial charge in [-0.3, -0.25) is 0 Å². The topological polar surface area (TPSA) is 24.9 Å².